The predicted octanol–water partition coefficient (Wildman–Crippen LogP) is 3.92. The number of nitro benzene ring substituents is 1. The van der Waals surface area contributed by atoms with Gasteiger partial charge >= 0.3 is 0 Å². The van der Waals surface area contributed by atoms with Crippen molar-refractivity contribution in [1.29, 1.82) is 0 Å². The minimum absolute atomic E-state index is 0.00502. The maximum atomic E-state index is 12.8. The van der Waals surface area contributed by atoms with Gasteiger partial charge in [-0.1, -0.05) is 26.0 Å². The molecule has 22 heavy (non-hydrogen) atoms. The van der Waals surface area contributed by atoms with Crippen LogP contribution in [0.3, 0.4) is 0 Å². The highest BCUT2D eigenvalue weighted by molar-refractivity contribution is 5.98. The van der Waals surface area contributed by atoms with Crippen molar-refractivity contribution >= 4 is 17.3 Å². The maximum Gasteiger partial charge on any atom is 0.269 e. The Bertz CT molecular complexity index is 663. The number of hydrogen-bond donors (Lipinski definition) is 1. The van der Waals surface area contributed by atoms with Crippen molar-refractivity contribution < 1.29 is 9.72 Å². The van der Waals surface area contributed by atoms with E-state index in [0.717, 1.165) is 24.8 Å². The Kier molecular flexibility index (Phi) is 3.13. The van der Waals surface area contributed by atoms with Crippen LogP contribution in [0.5, 0.6) is 0 Å². The summed E-state index contributed by atoms with van der Waals surface area (Å²) in [6.45, 7) is 8.55. The molecule has 1 N–H and O–H groups in total. The number of benzene rings is 1. The summed E-state index contributed by atoms with van der Waals surface area (Å²) in [7, 11) is 0. The number of non-ortho nitro benzene ring substituents is 1. The van der Waals surface area contributed by atoms with Crippen LogP contribution in [0.15, 0.2) is 36.4 Å². The lowest BCUT2D eigenvalue weighted by molar-refractivity contribution is -0.384. The molecule has 0 aliphatic heterocycles. The molecule has 0 unspecified atom stereocenters. The van der Waals surface area contributed by atoms with E-state index < -0.39 is 10.3 Å². The zero-order valence-electron chi connectivity index (χ0n) is 12.9. The van der Waals surface area contributed by atoms with Crippen molar-refractivity contribution in [2.24, 2.45) is 16.7 Å². The summed E-state index contributed by atoms with van der Waals surface area (Å²) >= 11 is 0. The van der Waals surface area contributed by atoms with Crippen molar-refractivity contribution in [3.63, 3.8) is 0 Å². The topological polar surface area (TPSA) is 72.2 Å². The van der Waals surface area contributed by atoms with E-state index in [0.29, 0.717) is 11.6 Å². The van der Waals surface area contributed by atoms with Crippen LogP contribution in [-0.2, 0) is 4.79 Å². The molecule has 0 radical (unpaired) electrons. The number of nitrogens with one attached hydrogen (secondary N) is 1. The fraction of sp³-hybridized carbons (Fsp3) is 0.471. The number of carbonyl (C=O) groups excluding carboxylic acids is 1. The van der Waals surface area contributed by atoms with Gasteiger partial charge < -0.3 is 5.32 Å². The fourth-order valence-electron chi connectivity index (χ4n) is 4.06. The molecule has 1 aromatic carbocycles. The van der Waals surface area contributed by atoms with Gasteiger partial charge in [-0.25, -0.2) is 0 Å². The number of nitrogens with zero attached hydrogens (tertiary/aromatic N) is 1. The van der Waals surface area contributed by atoms with E-state index in [2.05, 4.69) is 25.7 Å². The molecule has 2 fully saturated rings. The monoisotopic (exact) mass is 300 g/mol. The predicted molar refractivity (Wildman–Crippen MR) is 84.4 cm³/mol. The Balaban J connectivity index is 1.80. The number of anilines is 1. The van der Waals surface area contributed by atoms with E-state index in [-0.39, 0.29) is 17.0 Å². The number of amides is 1. The van der Waals surface area contributed by atoms with Gasteiger partial charge in [-0.15, -0.1) is 0 Å². The Morgan fingerprint density at radius 3 is 2.50 bits per heavy atom. The van der Waals surface area contributed by atoms with E-state index >= 15 is 0 Å². The van der Waals surface area contributed by atoms with E-state index in [4.69, 9.17) is 0 Å². The molecule has 5 nitrogen and oxygen atoms in total. The molecule has 0 spiro atoms. The Labute approximate surface area is 129 Å². The second kappa shape index (κ2) is 4.66. The largest absolute Gasteiger partial charge is 0.325 e. The summed E-state index contributed by atoms with van der Waals surface area (Å²) in [6.07, 6.45) is 2.76. The van der Waals surface area contributed by atoms with E-state index in [1.54, 1.807) is 12.1 Å². The van der Waals surface area contributed by atoms with Gasteiger partial charge in [-0.3, -0.25) is 14.9 Å². The first kappa shape index (κ1) is 14.8. The quantitative estimate of drug-likeness (QED) is 0.522. The van der Waals surface area contributed by atoms with Crippen LogP contribution < -0.4 is 5.32 Å². The number of fused-ring (bicyclic) bond motifs is 2. The van der Waals surface area contributed by atoms with Crippen LogP contribution in [0, 0.1) is 26.9 Å². The summed E-state index contributed by atoms with van der Waals surface area (Å²) in [5.74, 6) is 0.488. The van der Waals surface area contributed by atoms with Gasteiger partial charge in [0.15, 0.2) is 0 Å². The van der Waals surface area contributed by atoms with E-state index in [1.807, 2.05) is 0 Å². The normalized spacial score (nSPS) is 28.6. The van der Waals surface area contributed by atoms with E-state index in [9.17, 15) is 14.9 Å². The molecule has 3 rings (SSSR count). The molecule has 0 aromatic heterocycles. The van der Waals surface area contributed by atoms with Crippen molar-refractivity contribution in [2.45, 2.75) is 33.1 Å². The first-order chi connectivity index (χ1) is 10.3. The molecular formula is C17H20N2O3. The highest BCUT2D eigenvalue weighted by Crippen LogP contribution is 2.65. The molecule has 0 heterocycles. The number of rotatable bonds is 3. The maximum absolute atomic E-state index is 12.8. The number of nitro groups is 1. The molecule has 1 aromatic rings. The average molecular weight is 300 g/mol. The van der Waals surface area contributed by atoms with Gasteiger partial charge in [0.05, 0.1) is 10.3 Å². The average Bonchev–Trinajstić information content (AvgIpc) is 3.00. The summed E-state index contributed by atoms with van der Waals surface area (Å²) < 4.78 is 0. The van der Waals surface area contributed by atoms with Crippen LogP contribution in [0.25, 0.3) is 0 Å². The standard InChI is InChI=1S/C17H20N2O3/c1-11-16(2,3)12-8-9-17(11,10-12)15(20)18-13-4-6-14(7-5-13)19(21)22/h4-7,12H,1,8-10H2,2-3H3,(H,18,20)/t12-,17+/m0/s1. The Morgan fingerprint density at radius 1 is 1.36 bits per heavy atom. The fourth-order valence-corrected chi connectivity index (χ4v) is 4.06. The van der Waals surface area contributed by atoms with Crippen LogP contribution >= 0.6 is 0 Å². The Hall–Kier alpha value is -2.17. The van der Waals surface area contributed by atoms with Crippen LogP contribution in [-0.4, -0.2) is 10.8 Å². The first-order valence-corrected chi connectivity index (χ1v) is 7.53. The SMILES string of the molecule is C=C1C(C)(C)[C@H]2CC[C@@]1(C(=O)Nc1ccc([N+](=O)[O-])cc1)C2. The second-order valence-corrected chi connectivity index (χ2v) is 6.98. The molecule has 2 aliphatic carbocycles. The smallest absolute Gasteiger partial charge is 0.269 e. The van der Waals surface area contributed by atoms with Crippen molar-refractivity contribution in [1.82, 2.24) is 0 Å². The molecule has 5 heteroatoms. The van der Waals surface area contributed by atoms with Gasteiger partial charge in [-0.05, 0) is 42.7 Å². The van der Waals surface area contributed by atoms with Gasteiger partial charge in [-0.2, -0.15) is 0 Å². The number of hydrogen-bond acceptors (Lipinski definition) is 3. The van der Waals surface area contributed by atoms with Gasteiger partial charge in [0.1, 0.15) is 0 Å². The minimum Gasteiger partial charge on any atom is -0.325 e. The molecular weight excluding hydrogens is 280 g/mol. The molecule has 2 atom stereocenters. The molecule has 0 saturated heterocycles. The van der Waals surface area contributed by atoms with Crippen LogP contribution in [0.1, 0.15) is 33.1 Å². The Morgan fingerprint density at radius 2 is 2.00 bits per heavy atom. The second-order valence-electron chi connectivity index (χ2n) is 6.98. The zero-order chi connectivity index (χ0) is 16.1. The highest BCUT2D eigenvalue weighted by atomic mass is 16.6. The van der Waals surface area contributed by atoms with Crippen molar-refractivity contribution in [2.75, 3.05) is 5.32 Å². The summed E-state index contributed by atoms with van der Waals surface area (Å²) in [5, 5.41) is 13.6. The molecule has 116 valence electrons. The van der Waals surface area contributed by atoms with Gasteiger partial charge in [0.25, 0.3) is 5.69 Å². The molecule has 2 aliphatic rings. The van der Waals surface area contributed by atoms with Crippen LogP contribution in [0.4, 0.5) is 11.4 Å². The number of carbonyl (C=O) groups is 1. The zero-order valence-corrected chi connectivity index (χ0v) is 12.9. The summed E-state index contributed by atoms with van der Waals surface area (Å²) in [4.78, 5) is 23.0. The molecule has 1 amide bonds. The third-order valence-corrected chi connectivity index (χ3v) is 5.66. The molecule has 2 bridgehead atoms. The van der Waals surface area contributed by atoms with Crippen molar-refractivity contribution in [3.8, 4) is 0 Å². The lowest BCUT2D eigenvalue weighted by Crippen LogP contribution is -2.37. The first-order valence-electron chi connectivity index (χ1n) is 7.53. The summed E-state index contributed by atoms with van der Waals surface area (Å²) in [5.41, 5.74) is 1.16. The van der Waals surface area contributed by atoms with Crippen LogP contribution in [0.2, 0.25) is 0 Å². The lowest BCUT2D eigenvalue weighted by Gasteiger charge is -2.37. The van der Waals surface area contributed by atoms with Gasteiger partial charge in [0.2, 0.25) is 5.91 Å². The van der Waals surface area contributed by atoms with Crippen molar-refractivity contribution in [3.05, 3.63) is 46.5 Å². The lowest BCUT2D eigenvalue weighted by atomic mass is 9.68. The van der Waals surface area contributed by atoms with E-state index in [1.165, 1.54) is 12.1 Å². The highest BCUT2D eigenvalue weighted by Gasteiger charge is 2.60. The van der Waals surface area contributed by atoms with Gasteiger partial charge in [0, 0.05) is 17.8 Å². The third kappa shape index (κ3) is 1.95. The minimum atomic E-state index is -0.476. The third-order valence-electron chi connectivity index (χ3n) is 5.66. The molecule has 2 saturated carbocycles. The summed E-state index contributed by atoms with van der Waals surface area (Å²) in [6, 6.07) is 5.94.